The lowest BCUT2D eigenvalue weighted by Crippen LogP contribution is -2.60. The molecule has 2 aliphatic heterocycles. The quantitative estimate of drug-likeness (QED) is 0.305. The molecule has 0 aromatic heterocycles. The van der Waals surface area contributed by atoms with E-state index < -0.39 is 30.5 Å². The van der Waals surface area contributed by atoms with Crippen molar-refractivity contribution < 1.29 is 33.5 Å². The summed E-state index contributed by atoms with van der Waals surface area (Å²) in [6, 6.07) is 29.8. The van der Waals surface area contributed by atoms with Crippen molar-refractivity contribution in [2.75, 3.05) is 19.8 Å². The lowest BCUT2D eigenvalue weighted by Gasteiger charge is -2.43. The van der Waals surface area contributed by atoms with Crippen molar-refractivity contribution in [2.45, 2.75) is 75.9 Å². The topological polar surface area (TPSA) is 75.6 Å². The molecule has 0 aliphatic carbocycles. The minimum atomic E-state index is -1.04. The van der Waals surface area contributed by atoms with E-state index in [1.165, 1.54) is 0 Å². The molecule has 6 atom stereocenters. The number of aliphatic hydroxyl groups is 1. The molecule has 0 bridgehead atoms. The van der Waals surface area contributed by atoms with E-state index in [-0.39, 0.29) is 19.5 Å². The molecule has 3 aromatic carbocycles. The van der Waals surface area contributed by atoms with Gasteiger partial charge in [0.15, 0.2) is 6.29 Å². The van der Waals surface area contributed by atoms with Gasteiger partial charge in [0.25, 0.3) is 0 Å². The Balaban J connectivity index is 1.31. The second-order valence-electron chi connectivity index (χ2n) is 10.5. The van der Waals surface area contributed by atoms with E-state index in [1.807, 2.05) is 91.0 Å². The van der Waals surface area contributed by atoms with Crippen LogP contribution in [-0.4, -0.2) is 61.7 Å². The predicted octanol–water partition coefficient (Wildman–Crippen LogP) is 5.05. The van der Waals surface area contributed by atoms with E-state index >= 15 is 0 Å². The fourth-order valence-electron chi connectivity index (χ4n) is 5.09. The average Bonchev–Trinajstić information content (AvgIpc) is 3.05. The summed E-state index contributed by atoms with van der Waals surface area (Å²) >= 11 is 0. The first-order chi connectivity index (χ1) is 20.8. The maximum absolute atomic E-state index is 11.5. The zero-order chi connectivity index (χ0) is 28.8. The lowest BCUT2D eigenvalue weighted by atomic mass is 9.94. The van der Waals surface area contributed by atoms with Crippen molar-refractivity contribution in [3.8, 4) is 11.8 Å². The summed E-state index contributed by atoms with van der Waals surface area (Å²) in [4.78, 5) is 0. The fraction of sp³-hybridized carbons (Fsp3) is 0.429. The van der Waals surface area contributed by atoms with Gasteiger partial charge in [-0.25, -0.2) is 0 Å². The summed E-state index contributed by atoms with van der Waals surface area (Å²) in [5.74, 6) is 6.11. The van der Waals surface area contributed by atoms with Gasteiger partial charge in [-0.05, 0) is 36.0 Å². The summed E-state index contributed by atoms with van der Waals surface area (Å²) in [5.41, 5.74) is 3.07. The molecule has 1 unspecified atom stereocenters. The third-order valence-corrected chi connectivity index (χ3v) is 7.35. The number of rotatable bonds is 12. The highest BCUT2D eigenvalue weighted by molar-refractivity contribution is 5.17. The van der Waals surface area contributed by atoms with Gasteiger partial charge < -0.3 is 33.5 Å². The van der Waals surface area contributed by atoms with Crippen molar-refractivity contribution in [3.05, 3.63) is 108 Å². The Hall–Kier alpha value is -3.06. The number of hydrogen-bond donors (Lipinski definition) is 1. The Kier molecular flexibility index (Phi) is 12.0. The molecule has 42 heavy (non-hydrogen) atoms. The third-order valence-electron chi connectivity index (χ3n) is 7.35. The summed E-state index contributed by atoms with van der Waals surface area (Å²) in [6.45, 7) is 2.22. The number of aliphatic hydroxyl groups excluding tert-OH is 1. The molecule has 1 N–H and O–H groups in total. The average molecular weight is 573 g/mol. The number of benzene rings is 3. The molecule has 222 valence electrons. The van der Waals surface area contributed by atoms with E-state index in [0.29, 0.717) is 26.4 Å². The summed E-state index contributed by atoms with van der Waals surface area (Å²) < 4.78 is 36.7. The van der Waals surface area contributed by atoms with E-state index in [2.05, 4.69) is 11.8 Å². The van der Waals surface area contributed by atoms with Gasteiger partial charge in [0.05, 0.1) is 26.4 Å². The first-order valence-corrected chi connectivity index (χ1v) is 14.7. The Morgan fingerprint density at radius 1 is 0.714 bits per heavy atom. The normalized spacial score (nSPS) is 25.8. The van der Waals surface area contributed by atoms with Gasteiger partial charge in [-0.3, -0.25) is 0 Å². The second-order valence-corrected chi connectivity index (χ2v) is 10.5. The van der Waals surface area contributed by atoms with Gasteiger partial charge in [0.2, 0.25) is 0 Å². The maximum Gasteiger partial charge on any atom is 0.158 e. The molecule has 0 radical (unpaired) electrons. The molecule has 5 rings (SSSR count). The third kappa shape index (κ3) is 9.22. The molecule has 0 saturated carbocycles. The first-order valence-electron chi connectivity index (χ1n) is 14.7. The van der Waals surface area contributed by atoms with E-state index in [4.69, 9.17) is 28.4 Å². The van der Waals surface area contributed by atoms with Crippen molar-refractivity contribution in [1.82, 2.24) is 0 Å². The molecule has 7 heteroatoms. The summed E-state index contributed by atoms with van der Waals surface area (Å²) in [5, 5.41) is 11.5. The van der Waals surface area contributed by atoms with Gasteiger partial charge in [-0.2, -0.15) is 0 Å². The zero-order valence-electron chi connectivity index (χ0n) is 23.9. The van der Waals surface area contributed by atoms with Crippen LogP contribution in [0.1, 0.15) is 36.0 Å². The van der Waals surface area contributed by atoms with Crippen LogP contribution in [0.3, 0.4) is 0 Å². The molecule has 3 aromatic rings. The fourth-order valence-corrected chi connectivity index (χ4v) is 5.09. The molecule has 2 aliphatic rings. The standard InChI is InChI=1S/C35H40O7/c36-33-30(19-12-22-39-32-20-10-11-21-38-32)42-31(26-37-23-27-13-4-1-5-14-27)34(40-24-28-15-6-2-7-16-28)35(33)41-25-29-17-8-3-9-18-29/h1-9,13-18,30-36H,10-11,20-26H2/t30-,31-,32?,33+,34-,35-/m1/s1. The first kappa shape index (κ1) is 30.4. The number of ether oxygens (including phenoxy) is 6. The van der Waals surface area contributed by atoms with Crippen molar-refractivity contribution in [2.24, 2.45) is 0 Å². The smallest absolute Gasteiger partial charge is 0.158 e. The van der Waals surface area contributed by atoms with Crippen LogP contribution in [0.4, 0.5) is 0 Å². The van der Waals surface area contributed by atoms with Crippen LogP contribution in [0.2, 0.25) is 0 Å². The van der Waals surface area contributed by atoms with E-state index in [1.54, 1.807) is 0 Å². The largest absolute Gasteiger partial charge is 0.387 e. The SMILES string of the molecule is O[C@@H]1[C@@H](OCc2ccccc2)[C@H](OCc2ccccc2)[C@@H](COCc2ccccc2)O[C@@H]1C#CCOC1CCCCO1. The van der Waals surface area contributed by atoms with Crippen molar-refractivity contribution in [1.29, 1.82) is 0 Å². The Morgan fingerprint density at radius 2 is 1.31 bits per heavy atom. The Labute approximate surface area is 248 Å². The van der Waals surface area contributed by atoms with Crippen LogP contribution in [0.15, 0.2) is 91.0 Å². The van der Waals surface area contributed by atoms with Crippen LogP contribution < -0.4 is 0 Å². The Morgan fingerprint density at radius 3 is 1.90 bits per heavy atom. The molecule has 2 fully saturated rings. The summed E-state index contributed by atoms with van der Waals surface area (Å²) in [7, 11) is 0. The van der Waals surface area contributed by atoms with Gasteiger partial charge in [-0.15, -0.1) is 0 Å². The van der Waals surface area contributed by atoms with Crippen LogP contribution in [0, 0.1) is 11.8 Å². The molecular weight excluding hydrogens is 532 g/mol. The highest BCUT2D eigenvalue weighted by atomic mass is 16.7. The van der Waals surface area contributed by atoms with E-state index in [0.717, 1.165) is 36.0 Å². The van der Waals surface area contributed by atoms with Gasteiger partial charge in [0.1, 0.15) is 37.1 Å². The molecule has 2 saturated heterocycles. The van der Waals surface area contributed by atoms with E-state index in [9.17, 15) is 5.11 Å². The predicted molar refractivity (Wildman–Crippen MR) is 158 cm³/mol. The molecule has 7 nitrogen and oxygen atoms in total. The second kappa shape index (κ2) is 16.5. The van der Waals surface area contributed by atoms with Crippen LogP contribution >= 0.6 is 0 Å². The minimum absolute atomic E-state index is 0.190. The monoisotopic (exact) mass is 572 g/mol. The number of hydrogen-bond acceptors (Lipinski definition) is 7. The lowest BCUT2D eigenvalue weighted by molar-refractivity contribution is -0.249. The summed E-state index contributed by atoms with van der Waals surface area (Å²) in [6.07, 6.45) is -0.898. The van der Waals surface area contributed by atoms with Crippen molar-refractivity contribution >= 4 is 0 Å². The van der Waals surface area contributed by atoms with Crippen molar-refractivity contribution in [3.63, 3.8) is 0 Å². The highest BCUT2D eigenvalue weighted by Gasteiger charge is 2.46. The minimum Gasteiger partial charge on any atom is -0.387 e. The maximum atomic E-state index is 11.5. The van der Waals surface area contributed by atoms with Gasteiger partial charge >= 0.3 is 0 Å². The van der Waals surface area contributed by atoms with Crippen LogP contribution in [-0.2, 0) is 48.2 Å². The molecular formula is C35H40O7. The highest BCUT2D eigenvalue weighted by Crippen LogP contribution is 2.28. The molecule has 0 amide bonds. The molecule has 2 heterocycles. The van der Waals surface area contributed by atoms with Crippen LogP contribution in [0.25, 0.3) is 0 Å². The Bertz CT molecular complexity index is 1220. The van der Waals surface area contributed by atoms with Gasteiger partial charge in [-0.1, -0.05) is 103 Å². The van der Waals surface area contributed by atoms with Gasteiger partial charge in [0, 0.05) is 6.61 Å². The zero-order valence-corrected chi connectivity index (χ0v) is 23.9. The van der Waals surface area contributed by atoms with Crippen LogP contribution in [0.5, 0.6) is 0 Å². The molecule has 0 spiro atoms.